The highest BCUT2D eigenvalue weighted by Crippen LogP contribution is 2.24. The van der Waals surface area contributed by atoms with Crippen LogP contribution in [0.25, 0.3) is 6.08 Å². The highest BCUT2D eigenvalue weighted by atomic mass is 35.5. The molecule has 180 valence electrons. The number of halogens is 2. The summed E-state index contributed by atoms with van der Waals surface area (Å²) >= 11 is 0. The number of carbonyl (C=O) groups excluding carboxylic acids is 1. The monoisotopic (exact) mass is 489 g/mol. The second-order valence-electron chi connectivity index (χ2n) is 9.15. The molecule has 1 unspecified atom stereocenters. The van der Waals surface area contributed by atoms with Crippen LogP contribution in [-0.4, -0.2) is 46.4 Å². The van der Waals surface area contributed by atoms with E-state index >= 15 is 0 Å². The van der Waals surface area contributed by atoms with Crippen LogP contribution in [0.1, 0.15) is 59.9 Å². The van der Waals surface area contributed by atoms with Crippen LogP contribution in [0.4, 0.5) is 0 Å². The Morgan fingerprint density at radius 1 is 1.03 bits per heavy atom. The third-order valence-corrected chi connectivity index (χ3v) is 6.96. The highest BCUT2D eigenvalue weighted by molar-refractivity contribution is 5.85. The van der Waals surface area contributed by atoms with Crippen molar-refractivity contribution in [2.45, 2.75) is 64.8 Å². The van der Waals surface area contributed by atoms with Crippen LogP contribution in [0.2, 0.25) is 0 Å². The molecule has 4 rings (SSSR count). The van der Waals surface area contributed by atoms with E-state index in [4.69, 9.17) is 0 Å². The number of rotatable bonds is 7. The maximum Gasteiger partial charge on any atom is 0.230 e. The molecule has 0 N–H and O–H groups in total. The van der Waals surface area contributed by atoms with Gasteiger partial charge in [-0.15, -0.1) is 24.8 Å². The number of benzene rings is 1. The number of aryl methyl sites for hydroxylation is 3. The van der Waals surface area contributed by atoms with E-state index in [-0.39, 0.29) is 30.7 Å². The Balaban J connectivity index is 0.00000193. The van der Waals surface area contributed by atoms with Crippen LogP contribution in [-0.2, 0) is 17.6 Å². The summed E-state index contributed by atoms with van der Waals surface area (Å²) in [5.74, 6) is 0.221. The van der Waals surface area contributed by atoms with Crippen LogP contribution in [0.5, 0.6) is 0 Å². The third-order valence-electron chi connectivity index (χ3n) is 6.96. The van der Waals surface area contributed by atoms with Crippen LogP contribution in [0.15, 0.2) is 42.9 Å². The number of carbonyl (C=O) groups is 1. The molecule has 1 fully saturated rings. The van der Waals surface area contributed by atoms with Gasteiger partial charge in [-0.2, -0.15) is 0 Å². The van der Waals surface area contributed by atoms with Gasteiger partial charge in [0.05, 0.1) is 6.42 Å². The highest BCUT2D eigenvalue weighted by Gasteiger charge is 2.24. The number of aromatic nitrogens is 1. The molecule has 2 aliphatic rings. The van der Waals surface area contributed by atoms with Crippen molar-refractivity contribution >= 4 is 36.8 Å². The summed E-state index contributed by atoms with van der Waals surface area (Å²) in [6.45, 7) is 7.40. The molecule has 2 aliphatic heterocycles. The molecule has 1 atom stereocenters. The molecule has 0 radical (unpaired) electrons. The Labute approximate surface area is 211 Å². The zero-order valence-corrected chi connectivity index (χ0v) is 21.5. The average molecular weight is 491 g/mol. The first-order valence-electron chi connectivity index (χ1n) is 11.8. The van der Waals surface area contributed by atoms with Gasteiger partial charge in [-0.25, -0.2) is 0 Å². The van der Waals surface area contributed by atoms with Crippen LogP contribution in [0, 0.1) is 13.8 Å². The minimum Gasteiger partial charge on any atom is -0.319 e. The topological polar surface area (TPSA) is 36.4 Å². The van der Waals surface area contributed by atoms with Gasteiger partial charge in [0.25, 0.3) is 0 Å². The molecular weight excluding hydrogens is 453 g/mol. The van der Waals surface area contributed by atoms with Gasteiger partial charge in [0.1, 0.15) is 0 Å². The molecule has 0 aliphatic carbocycles. The van der Waals surface area contributed by atoms with E-state index in [2.05, 4.69) is 54.1 Å². The second-order valence-corrected chi connectivity index (χ2v) is 9.15. The van der Waals surface area contributed by atoms with Gasteiger partial charge in [0.2, 0.25) is 5.91 Å². The maximum absolute atomic E-state index is 12.9. The molecule has 1 saturated heterocycles. The molecular formula is C27H37Cl2N3O. The molecule has 4 nitrogen and oxygen atoms in total. The SMILES string of the molecule is Cc1cc2c(cc1C)CC(=O)N(CCC1CCCCN1CCCc1ccncc1)C=C2.Cl.Cl. The molecule has 3 heterocycles. The summed E-state index contributed by atoms with van der Waals surface area (Å²) in [6, 6.07) is 9.21. The fourth-order valence-corrected chi connectivity index (χ4v) is 4.93. The lowest BCUT2D eigenvalue weighted by atomic mass is 9.98. The molecule has 0 saturated carbocycles. The van der Waals surface area contributed by atoms with E-state index in [1.165, 1.54) is 54.5 Å². The molecule has 0 bridgehead atoms. The van der Waals surface area contributed by atoms with E-state index < -0.39 is 0 Å². The lowest BCUT2D eigenvalue weighted by Crippen LogP contribution is -2.42. The predicted octanol–water partition coefficient (Wildman–Crippen LogP) is 5.77. The van der Waals surface area contributed by atoms with Gasteiger partial charge in [-0.05, 0) is 105 Å². The van der Waals surface area contributed by atoms with Gasteiger partial charge in [0, 0.05) is 31.2 Å². The van der Waals surface area contributed by atoms with E-state index in [0.717, 1.165) is 31.5 Å². The van der Waals surface area contributed by atoms with Gasteiger partial charge in [-0.3, -0.25) is 9.78 Å². The smallest absolute Gasteiger partial charge is 0.230 e. The summed E-state index contributed by atoms with van der Waals surface area (Å²) < 4.78 is 0. The standard InChI is InChI=1S/C27H35N3O.2ClH/c1-21-18-24-10-16-30(27(31)20-25(24)19-22(21)2)17-11-26-7-3-4-14-29(26)15-5-6-23-8-12-28-13-9-23;;/h8-10,12-13,16,18-19,26H,3-7,11,14-15,17,20H2,1-2H3;2*1H. The molecule has 0 spiro atoms. The maximum atomic E-state index is 12.9. The Hall–Kier alpha value is -1.88. The van der Waals surface area contributed by atoms with Gasteiger partial charge in [-0.1, -0.05) is 18.6 Å². The summed E-state index contributed by atoms with van der Waals surface area (Å²) in [5.41, 5.74) is 6.26. The summed E-state index contributed by atoms with van der Waals surface area (Å²) in [6.07, 6.45) is 15.6. The van der Waals surface area contributed by atoms with Gasteiger partial charge in [0.15, 0.2) is 0 Å². The quantitative estimate of drug-likeness (QED) is 0.494. The predicted molar refractivity (Wildman–Crippen MR) is 141 cm³/mol. The first-order valence-corrected chi connectivity index (χ1v) is 11.8. The number of amides is 1. The Morgan fingerprint density at radius 3 is 2.58 bits per heavy atom. The largest absolute Gasteiger partial charge is 0.319 e. The van der Waals surface area contributed by atoms with Crippen LogP contribution >= 0.6 is 24.8 Å². The Bertz CT molecular complexity index is 932. The lowest BCUT2D eigenvalue weighted by Gasteiger charge is -2.36. The van der Waals surface area contributed by atoms with Crippen molar-refractivity contribution in [3.8, 4) is 0 Å². The number of likely N-dealkylation sites (tertiary alicyclic amines) is 1. The first kappa shape index (κ1) is 27.4. The number of hydrogen-bond donors (Lipinski definition) is 0. The molecule has 33 heavy (non-hydrogen) atoms. The van der Waals surface area contributed by atoms with Crippen molar-refractivity contribution in [1.82, 2.24) is 14.8 Å². The van der Waals surface area contributed by atoms with Gasteiger partial charge < -0.3 is 9.80 Å². The third kappa shape index (κ3) is 7.30. The van der Waals surface area contributed by atoms with Crippen LogP contribution < -0.4 is 0 Å². The number of hydrogen-bond acceptors (Lipinski definition) is 3. The number of pyridine rings is 1. The van der Waals surface area contributed by atoms with Crippen LogP contribution in [0.3, 0.4) is 0 Å². The van der Waals surface area contributed by atoms with Gasteiger partial charge >= 0.3 is 0 Å². The Morgan fingerprint density at radius 2 is 1.79 bits per heavy atom. The fraction of sp³-hybridized carbons (Fsp3) is 0.481. The number of nitrogens with zero attached hydrogens (tertiary/aromatic N) is 3. The van der Waals surface area contributed by atoms with Crippen molar-refractivity contribution in [3.05, 3.63) is 70.7 Å². The summed E-state index contributed by atoms with van der Waals surface area (Å²) in [4.78, 5) is 21.6. The molecule has 1 aromatic carbocycles. The summed E-state index contributed by atoms with van der Waals surface area (Å²) in [5, 5.41) is 0. The zero-order chi connectivity index (χ0) is 21.6. The Kier molecular flexibility index (Phi) is 10.9. The van der Waals surface area contributed by atoms with Crippen molar-refractivity contribution in [3.63, 3.8) is 0 Å². The van der Waals surface area contributed by atoms with Crippen molar-refractivity contribution < 1.29 is 4.79 Å². The van der Waals surface area contributed by atoms with E-state index in [1.54, 1.807) is 0 Å². The van der Waals surface area contributed by atoms with Crippen molar-refractivity contribution in [1.29, 1.82) is 0 Å². The van der Waals surface area contributed by atoms with E-state index in [1.807, 2.05) is 23.5 Å². The second kappa shape index (κ2) is 13.1. The normalized spacial score (nSPS) is 18.2. The fourth-order valence-electron chi connectivity index (χ4n) is 4.93. The zero-order valence-electron chi connectivity index (χ0n) is 19.8. The number of piperidine rings is 1. The van der Waals surface area contributed by atoms with Crippen molar-refractivity contribution in [2.75, 3.05) is 19.6 Å². The first-order chi connectivity index (χ1) is 15.1. The van der Waals surface area contributed by atoms with Crippen molar-refractivity contribution in [2.24, 2.45) is 0 Å². The number of fused-ring (bicyclic) bond motifs is 1. The van der Waals surface area contributed by atoms with E-state index in [9.17, 15) is 4.79 Å². The molecule has 1 aromatic heterocycles. The minimum atomic E-state index is 0. The summed E-state index contributed by atoms with van der Waals surface area (Å²) in [7, 11) is 0. The molecule has 1 amide bonds. The molecule has 2 aromatic rings. The average Bonchev–Trinajstić information content (AvgIpc) is 2.92. The minimum absolute atomic E-state index is 0. The lowest BCUT2D eigenvalue weighted by molar-refractivity contribution is -0.128. The van der Waals surface area contributed by atoms with E-state index in [0.29, 0.717) is 12.5 Å². The molecule has 6 heteroatoms.